The summed E-state index contributed by atoms with van der Waals surface area (Å²) in [7, 11) is 3.26. The van der Waals surface area contributed by atoms with Crippen molar-refractivity contribution in [2.24, 2.45) is 0 Å². The first-order valence-corrected chi connectivity index (χ1v) is 10.9. The number of nitrogen functional groups attached to an aromatic ring is 2. The molecule has 0 saturated carbocycles. The predicted octanol–water partition coefficient (Wildman–Crippen LogP) is 5.28. The van der Waals surface area contributed by atoms with E-state index in [4.69, 9.17) is 25.9 Å². The van der Waals surface area contributed by atoms with Gasteiger partial charge in [0, 0.05) is 34.0 Å². The first kappa shape index (κ1) is 22.0. The van der Waals surface area contributed by atoms with E-state index in [1.165, 1.54) is 0 Å². The van der Waals surface area contributed by atoms with Crippen LogP contribution >= 0.6 is 0 Å². The van der Waals surface area contributed by atoms with Crippen molar-refractivity contribution in [1.29, 1.82) is 0 Å². The molecule has 0 aliphatic carbocycles. The molecule has 0 amide bonds. The summed E-state index contributed by atoms with van der Waals surface area (Å²) in [5, 5.41) is 4.13. The van der Waals surface area contributed by atoms with Crippen LogP contribution in [-0.2, 0) is 0 Å². The average molecular weight is 465 g/mol. The van der Waals surface area contributed by atoms with Crippen molar-refractivity contribution in [3.63, 3.8) is 0 Å². The fourth-order valence-electron chi connectivity index (χ4n) is 3.91. The number of rotatable bonds is 6. The van der Waals surface area contributed by atoms with Crippen LogP contribution in [0.2, 0.25) is 0 Å². The number of methoxy groups -OCH3 is 2. The number of nitrogens with two attached hydrogens (primary N) is 2. The van der Waals surface area contributed by atoms with Gasteiger partial charge in [-0.1, -0.05) is 12.1 Å². The number of para-hydroxylation sites is 1. The lowest BCUT2D eigenvalue weighted by Gasteiger charge is -2.12. The van der Waals surface area contributed by atoms with Crippen LogP contribution in [0.3, 0.4) is 0 Å². The summed E-state index contributed by atoms with van der Waals surface area (Å²) in [4.78, 5) is 13.5. The van der Waals surface area contributed by atoms with E-state index in [1.807, 2.05) is 78.9 Å². The van der Waals surface area contributed by atoms with Crippen molar-refractivity contribution in [3.8, 4) is 34.0 Å². The predicted molar refractivity (Wildman–Crippen MR) is 140 cm³/mol. The van der Waals surface area contributed by atoms with Gasteiger partial charge >= 0.3 is 0 Å². The van der Waals surface area contributed by atoms with Crippen molar-refractivity contribution >= 4 is 34.0 Å². The lowest BCUT2D eigenvalue weighted by molar-refractivity contribution is 0.415. The Morgan fingerprint density at radius 1 is 0.743 bits per heavy atom. The molecule has 3 aromatic carbocycles. The van der Waals surface area contributed by atoms with Gasteiger partial charge in [-0.15, -0.1) is 0 Å². The standard InChI is InChI=1S/C27H24N6O2/c1-34-18-10-7-16(8-11-18)23-14-21(28)20-13-17(9-12-22(20)31-23)30-26-15-24(32-27(29)33-26)19-5-3-4-6-25(19)35-2/h3-15H,1-2H3,(H2,28,31)(H3,29,30,32,33). The molecular weight excluding hydrogens is 440 g/mol. The van der Waals surface area contributed by atoms with E-state index in [-0.39, 0.29) is 5.95 Å². The fourth-order valence-corrected chi connectivity index (χ4v) is 3.91. The monoisotopic (exact) mass is 464 g/mol. The Morgan fingerprint density at radius 2 is 1.54 bits per heavy atom. The number of aromatic nitrogens is 3. The van der Waals surface area contributed by atoms with Gasteiger partial charge in [0.05, 0.1) is 31.1 Å². The molecule has 5 N–H and O–H groups in total. The fraction of sp³-hybridized carbons (Fsp3) is 0.0741. The highest BCUT2D eigenvalue weighted by Crippen LogP contribution is 2.32. The molecule has 0 atom stereocenters. The lowest BCUT2D eigenvalue weighted by Crippen LogP contribution is -2.02. The summed E-state index contributed by atoms with van der Waals surface area (Å²) >= 11 is 0. The van der Waals surface area contributed by atoms with Crippen molar-refractivity contribution in [1.82, 2.24) is 15.0 Å². The Morgan fingerprint density at radius 3 is 2.31 bits per heavy atom. The van der Waals surface area contributed by atoms with Gasteiger partial charge in [-0.3, -0.25) is 0 Å². The van der Waals surface area contributed by atoms with Gasteiger partial charge < -0.3 is 26.3 Å². The first-order valence-electron chi connectivity index (χ1n) is 10.9. The minimum atomic E-state index is 0.155. The van der Waals surface area contributed by atoms with Gasteiger partial charge in [-0.25, -0.2) is 9.97 Å². The number of ether oxygens (including phenoxy) is 2. The molecule has 5 rings (SSSR count). The highest BCUT2D eigenvalue weighted by molar-refractivity contribution is 5.95. The second-order valence-corrected chi connectivity index (χ2v) is 7.88. The van der Waals surface area contributed by atoms with Crippen molar-refractivity contribution < 1.29 is 9.47 Å². The summed E-state index contributed by atoms with van der Waals surface area (Å²) in [6.45, 7) is 0. The maximum Gasteiger partial charge on any atom is 0.222 e. The molecule has 0 spiro atoms. The van der Waals surface area contributed by atoms with Gasteiger partial charge in [0.2, 0.25) is 5.95 Å². The van der Waals surface area contributed by atoms with Crippen molar-refractivity contribution in [2.75, 3.05) is 31.0 Å². The summed E-state index contributed by atoms with van der Waals surface area (Å²) in [6.07, 6.45) is 0. The van der Waals surface area contributed by atoms with E-state index in [0.29, 0.717) is 22.9 Å². The number of nitrogens with one attached hydrogen (secondary N) is 1. The molecule has 0 bridgehead atoms. The summed E-state index contributed by atoms with van der Waals surface area (Å²) in [6, 6.07) is 24.8. The molecule has 0 aliphatic heterocycles. The number of anilines is 4. The number of hydrogen-bond donors (Lipinski definition) is 3. The second kappa shape index (κ2) is 9.18. The summed E-state index contributed by atoms with van der Waals surface area (Å²) in [5.41, 5.74) is 17.9. The zero-order valence-corrected chi connectivity index (χ0v) is 19.3. The number of fused-ring (bicyclic) bond motifs is 1. The molecule has 0 aliphatic rings. The van der Waals surface area contributed by atoms with E-state index in [9.17, 15) is 0 Å². The largest absolute Gasteiger partial charge is 0.497 e. The molecule has 5 aromatic rings. The summed E-state index contributed by atoms with van der Waals surface area (Å²) < 4.78 is 10.7. The molecule has 174 valence electrons. The molecule has 0 fully saturated rings. The number of hydrogen-bond acceptors (Lipinski definition) is 8. The van der Waals surface area contributed by atoms with Crippen LogP contribution in [0.15, 0.2) is 78.9 Å². The molecule has 0 saturated heterocycles. The van der Waals surface area contributed by atoms with Crippen LogP contribution in [0.25, 0.3) is 33.4 Å². The summed E-state index contributed by atoms with van der Waals surface area (Å²) in [5.74, 6) is 2.20. The van der Waals surface area contributed by atoms with Gasteiger partial charge in [0.15, 0.2) is 0 Å². The SMILES string of the molecule is COc1ccc(-c2cc(N)c3cc(Nc4cc(-c5ccccc5OC)nc(N)n4)ccc3n2)cc1. The van der Waals surface area contributed by atoms with Crippen molar-refractivity contribution in [2.45, 2.75) is 0 Å². The number of benzene rings is 3. The normalized spacial score (nSPS) is 10.8. The van der Waals surface area contributed by atoms with Gasteiger partial charge in [-0.05, 0) is 60.7 Å². The van der Waals surface area contributed by atoms with E-state index in [2.05, 4.69) is 15.3 Å². The minimum absolute atomic E-state index is 0.155. The quantitative estimate of drug-likeness (QED) is 0.310. The Hall–Kier alpha value is -4.85. The first-order chi connectivity index (χ1) is 17.0. The van der Waals surface area contributed by atoms with E-state index >= 15 is 0 Å². The molecule has 2 aromatic heterocycles. The molecule has 0 radical (unpaired) electrons. The van der Waals surface area contributed by atoms with Crippen LogP contribution in [0.4, 0.5) is 23.1 Å². The molecule has 0 unspecified atom stereocenters. The van der Waals surface area contributed by atoms with Crippen molar-refractivity contribution in [3.05, 3.63) is 78.9 Å². The zero-order chi connectivity index (χ0) is 24.4. The molecule has 35 heavy (non-hydrogen) atoms. The molecule has 8 nitrogen and oxygen atoms in total. The van der Waals surface area contributed by atoms with E-state index in [1.54, 1.807) is 14.2 Å². The van der Waals surface area contributed by atoms with Crippen LogP contribution in [0.5, 0.6) is 11.5 Å². The Labute approximate surface area is 202 Å². The smallest absolute Gasteiger partial charge is 0.222 e. The molecule has 8 heteroatoms. The Balaban J connectivity index is 1.47. The van der Waals surface area contributed by atoms with Gasteiger partial charge in [-0.2, -0.15) is 4.98 Å². The third-order valence-corrected chi connectivity index (χ3v) is 5.63. The van der Waals surface area contributed by atoms with E-state index in [0.717, 1.165) is 39.2 Å². The van der Waals surface area contributed by atoms with E-state index < -0.39 is 0 Å². The Bertz CT molecular complexity index is 1520. The van der Waals surface area contributed by atoms with Gasteiger partial charge in [0.1, 0.15) is 17.3 Å². The topological polar surface area (TPSA) is 121 Å². The lowest BCUT2D eigenvalue weighted by atomic mass is 10.1. The maximum absolute atomic E-state index is 6.42. The van der Waals surface area contributed by atoms with Crippen LogP contribution < -0.4 is 26.3 Å². The van der Waals surface area contributed by atoms with Crippen LogP contribution in [0.1, 0.15) is 0 Å². The van der Waals surface area contributed by atoms with Crippen LogP contribution in [-0.4, -0.2) is 29.2 Å². The highest BCUT2D eigenvalue weighted by atomic mass is 16.5. The molecular formula is C27H24N6O2. The minimum Gasteiger partial charge on any atom is -0.497 e. The third kappa shape index (κ3) is 4.49. The highest BCUT2D eigenvalue weighted by Gasteiger charge is 2.11. The number of pyridine rings is 1. The third-order valence-electron chi connectivity index (χ3n) is 5.63. The van der Waals surface area contributed by atoms with Gasteiger partial charge in [0.25, 0.3) is 0 Å². The number of nitrogens with zero attached hydrogens (tertiary/aromatic N) is 3. The second-order valence-electron chi connectivity index (χ2n) is 7.88. The zero-order valence-electron chi connectivity index (χ0n) is 19.3. The maximum atomic E-state index is 6.42. The molecule has 2 heterocycles. The average Bonchev–Trinajstić information content (AvgIpc) is 2.88. The van der Waals surface area contributed by atoms with Crippen LogP contribution in [0, 0.1) is 0 Å². The Kier molecular flexibility index (Phi) is 5.76.